The second-order valence-corrected chi connectivity index (χ2v) is 13.0. The lowest BCUT2D eigenvalue weighted by molar-refractivity contribution is 0.103. The summed E-state index contributed by atoms with van der Waals surface area (Å²) in [7, 11) is 0. The Labute approximate surface area is 283 Å². The third-order valence-corrected chi connectivity index (χ3v) is 10.4. The third-order valence-electron chi connectivity index (χ3n) is 10.4. The molecule has 11 rings (SSSR count). The maximum absolute atomic E-state index is 13.5. The standard InChI is InChI=1S/C34H16O2.C13H12/c35-33-25-7-3-1-5-17(25)19-9-11-21-22-12-10-20-18-6-2-4-8-26(18)34(36)28-16-14-24(30(22)32(20)28)23-13-15-27(33)31(19)29(21)23;1-3-7-12(8-4-1)11-13-9-5-2-6-10-13/h1-16H;1-10H,11H2. The highest BCUT2D eigenvalue weighted by Gasteiger charge is 2.30. The first-order chi connectivity index (χ1) is 24.2. The van der Waals surface area contributed by atoms with Crippen molar-refractivity contribution in [1.29, 1.82) is 0 Å². The van der Waals surface area contributed by atoms with E-state index in [1.165, 1.54) is 11.1 Å². The van der Waals surface area contributed by atoms with Gasteiger partial charge in [-0.05, 0) is 84.3 Å². The van der Waals surface area contributed by atoms with Gasteiger partial charge in [-0.1, -0.05) is 146 Å². The summed E-state index contributed by atoms with van der Waals surface area (Å²) >= 11 is 0. The van der Waals surface area contributed by atoms with Gasteiger partial charge in [-0.25, -0.2) is 0 Å². The van der Waals surface area contributed by atoms with Crippen molar-refractivity contribution in [3.8, 4) is 22.3 Å². The van der Waals surface area contributed by atoms with Crippen LogP contribution in [0.3, 0.4) is 0 Å². The van der Waals surface area contributed by atoms with Crippen molar-refractivity contribution in [1.82, 2.24) is 0 Å². The van der Waals surface area contributed by atoms with Crippen molar-refractivity contribution < 1.29 is 9.59 Å². The van der Waals surface area contributed by atoms with Crippen LogP contribution in [0.4, 0.5) is 0 Å². The minimum absolute atomic E-state index is 0.0834. The molecule has 2 aliphatic carbocycles. The van der Waals surface area contributed by atoms with E-state index in [0.717, 1.165) is 94.0 Å². The zero-order valence-corrected chi connectivity index (χ0v) is 26.5. The minimum Gasteiger partial charge on any atom is -0.289 e. The predicted molar refractivity (Wildman–Crippen MR) is 201 cm³/mol. The van der Waals surface area contributed by atoms with Crippen LogP contribution in [0.1, 0.15) is 43.0 Å². The molecule has 0 amide bonds. The molecule has 228 valence electrons. The maximum Gasteiger partial charge on any atom is 0.194 e. The summed E-state index contributed by atoms with van der Waals surface area (Å²) < 4.78 is 0. The molecule has 0 saturated heterocycles. The Morgan fingerprint density at radius 1 is 0.265 bits per heavy atom. The summed E-state index contributed by atoms with van der Waals surface area (Å²) in [4.78, 5) is 27.0. The summed E-state index contributed by atoms with van der Waals surface area (Å²) in [5.41, 5.74) is 10.0. The molecule has 0 spiro atoms. The molecule has 9 aromatic carbocycles. The van der Waals surface area contributed by atoms with Gasteiger partial charge in [0, 0.05) is 33.0 Å². The topological polar surface area (TPSA) is 34.1 Å². The molecule has 49 heavy (non-hydrogen) atoms. The molecule has 0 bridgehead atoms. The molecule has 9 aromatic rings. The van der Waals surface area contributed by atoms with Crippen LogP contribution in [-0.2, 0) is 6.42 Å². The average molecular weight is 625 g/mol. The lowest BCUT2D eigenvalue weighted by atomic mass is 9.77. The summed E-state index contributed by atoms with van der Waals surface area (Å²) in [5, 5.41) is 8.83. The highest BCUT2D eigenvalue weighted by Crippen LogP contribution is 2.50. The first kappa shape index (κ1) is 27.7. The number of hydrogen-bond donors (Lipinski definition) is 0. The fourth-order valence-electron chi connectivity index (χ4n) is 8.27. The van der Waals surface area contributed by atoms with Crippen molar-refractivity contribution in [2.75, 3.05) is 0 Å². The van der Waals surface area contributed by atoms with Crippen molar-refractivity contribution >= 4 is 54.7 Å². The van der Waals surface area contributed by atoms with Crippen molar-refractivity contribution in [3.63, 3.8) is 0 Å². The number of rotatable bonds is 2. The lowest BCUT2D eigenvalue weighted by Crippen LogP contribution is -2.11. The van der Waals surface area contributed by atoms with Gasteiger partial charge in [0.1, 0.15) is 0 Å². The first-order valence-corrected chi connectivity index (χ1v) is 16.7. The van der Waals surface area contributed by atoms with Gasteiger partial charge in [-0.3, -0.25) is 9.59 Å². The number of carbonyl (C=O) groups excluding carboxylic acids is 2. The van der Waals surface area contributed by atoms with Crippen LogP contribution in [0.2, 0.25) is 0 Å². The molecular formula is C47H28O2. The number of benzene rings is 9. The van der Waals surface area contributed by atoms with E-state index in [-0.39, 0.29) is 11.6 Å². The molecule has 0 unspecified atom stereocenters. The molecule has 0 heterocycles. The largest absolute Gasteiger partial charge is 0.289 e. The molecule has 0 saturated carbocycles. The molecule has 0 aromatic heterocycles. The smallest absolute Gasteiger partial charge is 0.194 e. The predicted octanol–water partition coefficient (Wildman–Crippen LogP) is 11.4. The summed E-state index contributed by atoms with van der Waals surface area (Å²) in [6.07, 6.45) is 1.03. The van der Waals surface area contributed by atoms with Crippen molar-refractivity contribution in [2.24, 2.45) is 0 Å². The second-order valence-electron chi connectivity index (χ2n) is 13.0. The highest BCUT2D eigenvalue weighted by molar-refractivity contribution is 6.41. The zero-order chi connectivity index (χ0) is 32.6. The Balaban J connectivity index is 0.000000199. The van der Waals surface area contributed by atoms with Crippen LogP contribution in [0, 0.1) is 0 Å². The molecule has 2 nitrogen and oxygen atoms in total. The molecule has 0 fully saturated rings. The zero-order valence-electron chi connectivity index (χ0n) is 26.5. The van der Waals surface area contributed by atoms with E-state index in [9.17, 15) is 9.59 Å². The maximum atomic E-state index is 13.5. The lowest BCUT2D eigenvalue weighted by Gasteiger charge is -2.25. The Bertz CT molecular complexity index is 2600. The van der Waals surface area contributed by atoms with Gasteiger partial charge in [0.15, 0.2) is 11.6 Å². The molecule has 0 atom stereocenters. The number of ketones is 2. The van der Waals surface area contributed by atoms with Gasteiger partial charge in [-0.15, -0.1) is 0 Å². The van der Waals surface area contributed by atoms with Crippen molar-refractivity contribution in [3.05, 3.63) is 191 Å². The van der Waals surface area contributed by atoms with Gasteiger partial charge >= 0.3 is 0 Å². The fraction of sp³-hybridized carbons (Fsp3) is 0.0213. The van der Waals surface area contributed by atoms with Crippen LogP contribution in [-0.4, -0.2) is 11.6 Å². The molecule has 0 radical (unpaired) electrons. The van der Waals surface area contributed by atoms with Gasteiger partial charge in [-0.2, -0.15) is 0 Å². The number of carbonyl (C=O) groups is 2. The monoisotopic (exact) mass is 624 g/mol. The van der Waals surface area contributed by atoms with Crippen LogP contribution in [0.5, 0.6) is 0 Å². The van der Waals surface area contributed by atoms with Crippen LogP contribution in [0.25, 0.3) is 65.3 Å². The van der Waals surface area contributed by atoms with E-state index in [1.807, 2.05) is 60.7 Å². The SMILES string of the molecule is O=C1c2ccccc2-c2ccc3c4ccc5c6c(ccc(c7ccc1c2c73)c64)C(=O)c1ccccc1-5.c1ccc(Cc2ccccc2)cc1. The Kier molecular flexibility index (Phi) is 5.97. The highest BCUT2D eigenvalue weighted by atomic mass is 16.1. The summed E-state index contributed by atoms with van der Waals surface area (Å²) in [5.74, 6) is 0.167. The molecule has 0 N–H and O–H groups in total. The Hall–Kier alpha value is -6.38. The van der Waals surface area contributed by atoms with E-state index in [4.69, 9.17) is 0 Å². The van der Waals surface area contributed by atoms with Gasteiger partial charge in [0.05, 0.1) is 0 Å². The molecule has 0 aliphatic heterocycles. The number of hydrogen-bond acceptors (Lipinski definition) is 2. The van der Waals surface area contributed by atoms with Gasteiger partial charge in [0.25, 0.3) is 0 Å². The van der Waals surface area contributed by atoms with Crippen LogP contribution in [0.15, 0.2) is 158 Å². The molecule has 2 heteroatoms. The van der Waals surface area contributed by atoms with E-state index in [2.05, 4.69) is 97.1 Å². The van der Waals surface area contributed by atoms with Crippen molar-refractivity contribution in [2.45, 2.75) is 6.42 Å². The van der Waals surface area contributed by atoms with E-state index < -0.39 is 0 Å². The Morgan fingerprint density at radius 3 is 0.980 bits per heavy atom. The first-order valence-electron chi connectivity index (χ1n) is 16.7. The van der Waals surface area contributed by atoms with E-state index >= 15 is 0 Å². The third kappa shape index (κ3) is 4.01. The quantitative estimate of drug-likeness (QED) is 0.142. The van der Waals surface area contributed by atoms with Crippen LogP contribution < -0.4 is 0 Å². The fourth-order valence-corrected chi connectivity index (χ4v) is 8.27. The number of fused-ring (bicyclic) bond motifs is 6. The summed E-state index contributed by atoms with van der Waals surface area (Å²) in [6, 6.07) is 53.8. The Morgan fingerprint density at radius 2 is 0.592 bits per heavy atom. The molecular weight excluding hydrogens is 597 g/mol. The minimum atomic E-state index is 0.0834. The van der Waals surface area contributed by atoms with E-state index in [1.54, 1.807) is 0 Å². The molecule has 2 aliphatic rings. The van der Waals surface area contributed by atoms with E-state index in [0.29, 0.717) is 0 Å². The van der Waals surface area contributed by atoms with Gasteiger partial charge < -0.3 is 0 Å². The normalized spacial score (nSPS) is 12.7. The summed E-state index contributed by atoms with van der Waals surface area (Å²) in [6.45, 7) is 0. The average Bonchev–Trinajstić information content (AvgIpc) is 3.16. The van der Waals surface area contributed by atoms with Gasteiger partial charge in [0.2, 0.25) is 0 Å². The van der Waals surface area contributed by atoms with Crippen LogP contribution >= 0.6 is 0 Å². The second kappa shape index (κ2) is 10.6.